The number of ether oxygens (including phenoxy) is 2. The molecule has 1 aliphatic heterocycles. The number of benzene rings is 3. The van der Waals surface area contributed by atoms with Crippen LogP contribution < -0.4 is 0 Å². The van der Waals surface area contributed by atoms with Crippen LogP contribution in [0.3, 0.4) is 0 Å². The Labute approximate surface area is 231 Å². The van der Waals surface area contributed by atoms with E-state index in [4.69, 9.17) is 9.47 Å². The van der Waals surface area contributed by atoms with E-state index in [-0.39, 0.29) is 24.5 Å². The number of hydrogen-bond acceptors (Lipinski definition) is 4. The van der Waals surface area contributed by atoms with Gasteiger partial charge in [0.2, 0.25) is 6.29 Å². The number of nitrogens with zero attached hydrogens (tertiary/aromatic N) is 1. The zero-order valence-electron chi connectivity index (χ0n) is 22.6. The lowest BCUT2D eigenvalue weighted by Gasteiger charge is -2.35. The molecule has 0 spiro atoms. The lowest BCUT2D eigenvalue weighted by Crippen LogP contribution is -2.41. The van der Waals surface area contributed by atoms with Crippen molar-refractivity contribution < 1.29 is 19.4 Å². The molecule has 39 heavy (non-hydrogen) atoms. The first-order valence-electron chi connectivity index (χ1n) is 14.3. The molecule has 3 aromatic carbocycles. The summed E-state index contributed by atoms with van der Waals surface area (Å²) >= 11 is 0. The topological polar surface area (TPSA) is 59.0 Å². The van der Waals surface area contributed by atoms with E-state index in [2.05, 4.69) is 42.5 Å². The third-order valence-corrected chi connectivity index (χ3v) is 8.60. The van der Waals surface area contributed by atoms with Crippen LogP contribution in [-0.2, 0) is 33.9 Å². The largest absolute Gasteiger partial charge is 0.459 e. The molecule has 202 valence electrons. The highest BCUT2D eigenvalue weighted by Crippen LogP contribution is 2.40. The maximum absolute atomic E-state index is 13.7. The van der Waals surface area contributed by atoms with Crippen LogP contribution in [0.15, 0.2) is 78.6 Å². The molecule has 3 aliphatic rings. The van der Waals surface area contributed by atoms with Gasteiger partial charge in [0.15, 0.2) is 5.76 Å². The van der Waals surface area contributed by atoms with E-state index in [1.165, 1.54) is 47.1 Å². The maximum Gasteiger partial charge on any atom is 0.288 e. The molecule has 1 amide bonds. The molecular weight excluding hydrogens is 486 g/mol. The Morgan fingerprint density at radius 2 is 1.69 bits per heavy atom. The van der Waals surface area contributed by atoms with Crippen LogP contribution in [0.5, 0.6) is 0 Å². The van der Waals surface area contributed by atoms with Crippen molar-refractivity contribution >= 4 is 5.91 Å². The van der Waals surface area contributed by atoms with E-state index in [9.17, 15) is 9.90 Å². The van der Waals surface area contributed by atoms with Gasteiger partial charge in [0, 0.05) is 25.4 Å². The summed E-state index contributed by atoms with van der Waals surface area (Å²) in [5, 5.41) is 9.34. The van der Waals surface area contributed by atoms with Crippen molar-refractivity contribution in [3.05, 3.63) is 106 Å². The molecule has 5 nitrogen and oxygen atoms in total. The molecule has 0 saturated heterocycles. The van der Waals surface area contributed by atoms with E-state index < -0.39 is 6.29 Å². The van der Waals surface area contributed by atoms with Gasteiger partial charge >= 0.3 is 0 Å². The van der Waals surface area contributed by atoms with Gasteiger partial charge in [-0.3, -0.25) is 4.79 Å². The van der Waals surface area contributed by atoms with E-state index in [0.29, 0.717) is 18.8 Å². The summed E-state index contributed by atoms with van der Waals surface area (Å²) in [6, 6.07) is 23.3. The van der Waals surface area contributed by atoms with Crippen molar-refractivity contribution in [3.8, 4) is 11.1 Å². The number of likely N-dealkylation sites (N-methyl/N-ethyl adjacent to an activating group) is 1. The SMILES string of the molecule is CN(C(=O)C1=C[C@H](c2ccc3c(c2)Cc2ccccc2-3)C[C@H](OCc2ccc(CO)cc2)O1)C1CCCCC1. The van der Waals surface area contributed by atoms with Crippen LogP contribution in [0.1, 0.15) is 72.3 Å². The second-order valence-corrected chi connectivity index (χ2v) is 11.2. The highest BCUT2D eigenvalue weighted by atomic mass is 16.7. The summed E-state index contributed by atoms with van der Waals surface area (Å²) in [4.78, 5) is 15.5. The molecule has 1 heterocycles. The standard InChI is InChI=1S/C34H37NO4/c1-35(29-8-3-2-4-9-29)34(37)32-19-27(20-33(39-32)38-22-24-13-11-23(21-36)12-14-24)25-15-16-31-28(17-25)18-26-7-5-6-10-30(26)31/h5-7,10-17,19,27,29,33,36H,2-4,8-9,18,20-22H2,1H3/t27-,33+/m0/s1. The summed E-state index contributed by atoms with van der Waals surface area (Å²) in [5.74, 6) is 0.359. The van der Waals surface area contributed by atoms with Crippen molar-refractivity contribution in [1.29, 1.82) is 0 Å². The predicted molar refractivity (Wildman–Crippen MR) is 152 cm³/mol. The zero-order valence-corrected chi connectivity index (χ0v) is 22.6. The zero-order chi connectivity index (χ0) is 26.8. The maximum atomic E-state index is 13.7. The smallest absolute Gasteiger partial charge is 0.288 e. The quantitative estimate of drug-likeness (QED) is 0.302. The molecule has 5 heteroatoms. The van der Waals surface area contributed by atoms with Crippen LogP contribution in [0.2, 0.25) is 0 Å². The van der Waals surface area contributed by atoms with Crippen molar-refractivity contribution in [2.45, 2.75) is 76.4 Å². The Morgan fingerprint density at radius 1 is 0.949 bits per heavy atom. The average molecular weight is 524 g/mol. The normalized spacial score (nSPS) is 20.5. The first-order valence-corrected chi connectivity index (χ1v) is 14.3. The predicted octanol–water partition coefficient (Wildman–Crippen LogP) is 6.47. The van der Waals surface area contributed by atoms with Gasteiger partial charge in [-0.25, -0.2) is 0 Å². The fourth-order valence-electron chi connectivity index (χ4n) is 6.28. The Kier molecular flexibility index (Phi) is 7.53. The van der Waals surface area contributed by atoms with Crippen LogP contribution in [0.4, 0.5) is 0 Å². The summed E-state index contributed by atoms with van der Waals surface area (Å²) in [6.45, 7) is 0.397. The van der Waals surface area contributed by atoms with Crippen molar-refractivity contribution in [3.63, 3.8) is 0 Å². The number of carbonyl (C=O) groups excluding carboxylic acids is 1. The van der Waals surface area contributed by atoms with Gasteiger partial charge in [0.05, 0.1) is 13.2 Å². The van der Waals surface area contributed by atoms with Crippen molar-refractivity contribution in [1.82, 2.24) is 4.90 Å². The third-order valence-electron chi connectivity index (χ3n) is 8.60. The molecule has 1 saturated carbocycles. The van der Waals surface area contributed by atoms with E-state index in [1.807, 2.05) is 42.3 Å². The summed E-state index contributed by atoms with van der Waals surface area (Å²) in [7, 11) is 1.91. The molecule has 1 fully saturated rings. The lowest BCUT2D eigenvalue weighted by molar-refractivity contribution is -0.156. The highest BCUT2D eigenvalue weighted by molar-refractivity contribution is 5.92. The second kappa shape index (κ2) is 11.4. The molecule has 6 rings (SSSR count). The molecule has 2 aliphatic carbocycles. The second-order valence-electron chi connectivity index (χ2n) is 11.2. The molecule has 0 unspecified atom stereocenters. The fraction of sp³-hybridized carbons (Fsp3) is 0.382. The minimum absolute atomic E-state index is 0.0190. The number of amides is 1. The monoisotopic (exact) mass is 523 g/mol. The molecule has 2 atom stereocenters. The minimum Gasteiger partial charge on any atom is -0.459 e. The average Bonchev–Trinajstić information content (AvgIpc) is 3.38. The van der Waals surface area contributed by atoms with E-state index in [0.717, 1.165) is 30.4 Å². The van der Waals surface area contributed by atoms with Crippen molar-refractivity contribution in [2.75, 3.05) is 7.05 Å². The van der Waals surface area contributed by atoms with Gasteiger partial charge in [0.1, 0.15) is 0 Å². The van der Waals surface area contributed by atoms with Crippen molar-refractivity contribution in [2.24, 2.45) is 0 Å². The molecule has 0 radical (unpaired) electrons. The molecule has 1 N–H and O–H groups in total. The Morgan fingerprint density at radius 3 is 2.49 bits per heavy atom. The Hall–Kier alpha value is -3.41. The molecule has 0 aromatic heterocycles. The fourth-order valence-corrected chi connectivity index (χ4v) is 6.28. The number of hydrogen-bond donors (Lipinski definition) is 1. The van der Waals surface area contributed by atoms with Crippen LogP contribution >= 0.6 is 0 Å². The highest BCUT2D eigenvalue weighted by Gasteiger charge is 2.33. The third kappa shape index (κ3) is 5.52. The van der Waals surface area contributed by atoms with Gasteiger partial charge in [-0.05, 0) is 64.3 Å². The Balaban J connectivity index is 1.24. The first-order chi connectivity index (χ1) is 19.1. The summed E-state index contributed by atoms with van der Waals surface area (Å²) in [6.07, 6.45) is 8.76. The molecule has 0 bridgehead atoms. The summed E-state index contributed by atoms with van der Waals surface area (Å²) < 4.78 is 12.5. The van der Waals surface area contributed by atoms with Gasteiger partial charge in [-0.15, -0.1) is 0 Å². The van der Waals surface area contributed by atoms with Crippen LogP contribution in [-0.4, -0.2) is 35.3 Å². The van der Waals surface area contributed by atoms with Gasteiger partial charge < -0.3 is 19.5 Å². The van der Waals surface area contributed by atoms with Crippen LogP contribution in [0.25, 0.3) is 11.1 Å². The number of aliphatic hydroxyl groups is 1. The minimum atomic E-state index is -0.526. The number of carbonyl (C=O) groups is 1. The number of allylic oxidation sites excluding steroid dienone is 1. The summed E-state index contributed by atoms with van der Waals surface area (Å²) in [5.41, 5.74) is 8.39. The van der Waals surface area contributed by atoms with E-state index >= 15 is 0 Å². The number of fused-ring (bicyclic) bond motifs is 3. The van der Waals surface area contributed by atoms with Gasteiger partial charge in [-0.2, -0.15) is 0 Å². The first kappa shape index (κ1) is 25.8. The van der Waals surface area contributed by atoms with Crippen LogP contribution in [0, 0.1) is 0 Å². The molecular formula is C34H37NO4. The van der Waals surface area contributed by atoms with Gasteiger partial charge in [0.25, 0.3) is 5.91 Å². The molecule has 3 aromatic rings. The lowest BCUT2D eigenvalue weighted by atomic mass is 9.90. The Bertz CT molecular complexity index is 1360. The van der Waals surface area contributed by atoms with E-state index in [1.54, 1.807) is 0 Å². The number of aliphatic hydroxyl groups excluding tert-OH is 1. The number of rotatable bonds is 7. The van der Waals surface area contributed by atoms with Gasteiger partial charge in [-0.1, -0.05) is 86.0 Å².